The average molecular weight is 506 g/mol. The Labute approximate surface area is 201 Å². The van der Waals surface area contributed by atoms with Crippen molar-refractivity contribution in [3.63, 3.8) is 0 Å². The second kappa shape index (κ2) is 9.58. The highest BCUT2D eigenvalue weighted by molar-refractivity contribution is 9.10. The van der Waals surface area contributed by atoms with Gasteiger partial charge in [0.05, 0.1) is 5.92 Å². The number of benzene rings is 3. The zero-order valence-electron chi connectivity index (χ0n) is 18.4. The number of carbonyl (C=O) groups is 3. The van der Waals surface area contributed by atoms with Crippen LogP contribution in [0.1, 0.15) is 27.9 Å². The lowest BCUT2D eigenvalue weighted by atomic mass is 10.1. The summed E-state index contributed by atoms with van der Waals surface area (Å²) in [5.41, 5.74) is 4.57. The molecule has 3 amide bonds. The summed E-state index contributed by atoms with van der Waals surface area (Å²) < 4.78 is 0.925. The van der Waals surface area contributed by atoms with Crippen molar-refractivity contribution >= 4 is 50.7 Å². The van der Waals surface area contributed by atoms with E-state index in [0.717, 1.165) is 27.0 Å². The Morgan fingerprint density at radius 1 is 0.970 bits per heavy atom. The highest BCUT2D eigenvalue weighted by atomic mass is 79.9. The highest BCUT2D eigenvalue weighted by Crippen LogP contribution is 2.27. The topological polar surface area (TPSA) is 78.5 Å². The summed E-state index contributed by atoms with van der Waals surface area (Å²) in [6.07, 6.45) is 0.148. The van der Waals surface area contributed by atoms with Gasteiger partial charge in [0.2, 0.25) is 11.8 Å². The first-order valence-electron chi connectivity index (χ1n) is 10.7. The number of rotatable bonds is 5. The molecule has 0 saturated carbocycles. The lowest BCUT2D eigenvalue weighted by Crippen LogP contribution is -2.28. The molecule has 3 aromatic rings. The molecule has 33 heavy (non-hydrogen) atoms. The Morgan fingerprint density at radius 3 is 2.45 bits per heavy atom. The highest BCUT2D eigenvalue weighted by Gasteiger charge is 2.35. The maximum absolute atomic E-state index is 12.8. The third-order valence-electron chi connectivity index (χ3n) is 5.66. The Morgan fingerprint density at radius 2 is 1.73 bits per heavy atom. The molecule has 1 aliphatic rings. The van der Waals surface area contributed by atoms with E-state index >= 15 is 0 Å². The van der Waals surface area contributed by atoms with Crippen molar-refractivity contribution in [2.24, 2.45) is 5.92 Å². The van der Waals surface area contributed by atoms with Crippen LogP contribution < -0.4 is 15.5 Å². The Balaban J connectivity index is 1.41. The first-order chi connectivity index (χ1) is 15.8. The van der Waals surface area contributed by atoms with E-state index in [2.05, 4.69) is 26.6 Å². The monoisotopic (exact) mass is 505 g/mol. The number of carbonyl (C=O) groups excluding carboxylic acids is 3. The molecule has 2 N–H and O–H groups in total. The number of anilines is 3. The SMILES string of the molecule is Cc1ccc(NC(=O)c2cccc(NC(=O)[C@H]3CC(=O)N(c4ccc(Br)cc4)C3)c2)c(C)c1. The van der Waals surface area contributed by atoms with Gasteiger partial charge in [-0.3, -0.25) is 14.4 Å². The van der Waals surface area contributed by atoms with Crippen LogP contribution in [0, 0.1) is 19.8 Å². The number of halogens is 1. The van der Waals surface area contributed by atoms with Crippen molar-refractivity contribution in [1.82, 2.24) is 0 Å². The molecule has 0 bridgehead atoms. The van der Waals surface area contributed by atoms with Gasteiger partial charge >= 0.3 is 0 Å². The molecule has 3 aromatic carbocycles. The van der Waals surface area contributed by atoms with E-state index in [-0.39, 0.29) is 24.1 Å². The van der Waals surface area contributed by atoms with Gasteiger partial charge < -0.3 is 15.5 Å². The van der Waals surface area contributed by atoms with E-state index in [1.54, 1.807) is 29.2 Å². The minimum absolute atomic E-state index is 0.0842. The third-order valence-corrected chi connectivity index (χ3v) is 6.19. The molecule has 7 heteroatoms. The van der Waals surface area contributed by atoms with Crippen LogP contribution in [0.5, 0.6) is 0 Å². The average Bonchev–Trinajstić information content (AvgIpc) is 3.18. The van der Waals surface area contributed by atoms with Crippen molar-refractivity contribution in [1.29, 1.82) is 0 Å². The number of nitrogens with one attached hydrogen (secondary N) is 2. The minimum Gasteiger partial charge on any atom is -0.326 e. The molecule has 0 unspecified atom stereocenters. The van der Waals surface area contributed by atoms with E-state index < -0.39 is 5.92 Å². The van der Waals surface area contributed by atoms with Crippen LogP contribution in [-0.4, -0.2) is 24.3 Å². The van der Waals surface area contributed by atoms with Crippen molar-refractivity contribution in [3.05, 3.63) is 87.9 Å². The molecule has 0 aromatic heterocycles. The summed E-state index contributed by atoms with van der Waals surface area (Å²) in [5.74, 6) is -1.04. The molecule has 1 aliphatic heterocycles. The van der Waals surface area contributed by atoms with Crippen molar-refractivity contribution < 1.29 is 14.4 Å². The van der Waals surface area contributed by atoms with Crippen molar-refractivity contribution in [2.75, 3.05) is 22.1 Å². The predicted octanol–water partition coefficient (Wildman–Crippen LogP) is 5.31. The predicted molar refractivity (Wildman–Crippen MR) is 134 cm³/mol. The van der Waals surface area contributed by atoms with E-state index in [1.807, 2.05) is 56.3 Å². The molecule has 0 spiro atoms. The van der Waals surface area contributed by atoms with E-state index in [1.165, 1.54) is 0 Å². The number of hydrogen-bond acceptors (Lipinski definition) is 3. The van der Waals surface area contributed by atoms with Crippen LogP contribution in [0.25, 0.3) is 0 Å². The van der Waals surface area contributed by atoms with Gasteiger partial charge in [0, 0.05) is 40.1 Å². The maximum atomic E-state index is 12.8. The van der Waals surface area contributed by atoms with Gasteiger partial charge in [-0.2, -0.15) is 0 Å². The number of hydrogen-bond donors (Lipinski definition) is 2. The molecule has 1 saturated heterocycles. The normalized spacial score (nSPS) is 15.4. The summed E-state index contributed by atoms with van der Waals surface area (Å²) in [6, 6.07) is 20.0. The molecule has 4 rings (SSSR count). The van der Waals surface area contributed by atoms with Gasteiger partial charge in [-0.1, -0.05) is 39.7 Å². The Hall–Kier alpha value is -3.45. The first kappa shape index (κ1) is 22.7. The smallest absolute Gasteiger partial charge is 0.255 e. The summed E-state index contributed by atoms with van der Waals surface area (Å²) in [7, 11) is 0. The second-order valence-electron chi connectivity index (χ2n) is 8.22. The zero-order valence-corrected chi connectivity index (χ0v) is 20.0. The van der Waals surface area contributed by atoms with Gasteiger partial charge in [-0.05, 0) is 67.9 Å². The van der Waals surface area contributed by atoms with Crippen LogP contribution in [0.2, 0.25) is 0 Å². The summed E-state index contributed by atoms with van der Waals surface area (Å²) in [6.45, 7) is 4.26. The third kappa shape index (κ3) is 5.31. The molecule has 1 heterocycles. The van der Waals surface area contributed by atoms with E-state index in [9.17, 15) is 14.4 Å². The van der Waals surface area contributed by atoms with Gasteiger partial charge in [0.25, 0.3) is 5.91 Å². The fourth-order valence-corrected chi connectivity index (χ4v) is 4.15. The molecule has 0 aliphatic carbocycles. The summed E-state index contributed by atoms with van der Waals surface area (Å²) in [5, 5.41) is 5.77. The van der Waals surface area contributed by atoms with Crippen LogP contribution in [0.15, 0.2) is 71.2 Å². The molecular weight excluding hydrogens is 482 g/mol. The molecule has 1 fully saturated rings. The summed E-state index contributed by atoms with van der Waals surface area (Å²) in [4.78, 5) is 39.7. The standard InChI is InChI=1S/C26H24BrN3O3/c1-16-6-11-23(17(2)12-16)29-25(32)18-4-3-5-21(13-18)28-26(33)19-14-24(31)30(15-19)22-9-7-20(27)8-10-22/h3-13,19H,14-15H2,1-2H3,(H,28,33)(H,29,32)/t19-/m0/s1. The van der Waals surface area contributed by atoms with Crippen LogP contribution in [0.3, 0.4) is 0 Å². The van der Waals surface area contributed by atoms with Gasteiger partial charge in [-0.15, -0.1) is 0 Å². The number of aryl methyl sites for hydroxylation is 2. The quantitative estimate of drug-likeness (QED) is 0.493. The maximum Gasteiger partial charge on any atom is 0.255 e. The fourth-order valence-electron chi connectivity index (χ4n) is 3.88. The molecule has 0 radical (unpaired) electrons. The van der Waals surface area contributed by atoms with E-state index in [4.69, 9.17) is 0 Å². The molecule has 168 valence electrons. The second-order valence-corrected chi connectivity index (χ2v) is 9.14. The minimum atomic E-state index is -0.464. The largest absolute Gasteiger partial charge is 0.326 e. The van der Waals surface area contributed by atoms with Crippen LogP contribution in [0.4, 0.5) is 17.1 Å². The lowest BCUT2D eigenvalue weighted by molar-refractivity contribution is -0.122. The zero-order chi connectivity index (χ0) is 23.5. The lowest BCUT2D eigenvalue weighted by Gasteiger charge is -2.17. The number of nitrogens with zero attached hydrogens (tertiary/aromatic N) is 1. The van der Waals surface area contributed by atoms with Gasteiger partial charge in [-0.25, -0.2) is 0 Å². The number of amides is 3. The summed E-state index contributed by atoms with van der Waals surface area (Å²) >= 11 is 3.39. The Kier molecular flexibility index (Phi) is 6.60. The van der Waals surface area contributed by atoms with Crippen molar-refractivity contribution in [2.45, 2.75) is 20.3 Å². The first-order valence-corrected chi connectivity index (χ1v) is 11.4. The molecule has 1 atom stereocenters. The van der Waals surface area contributed by atoms with Crippen LogP contribution >= 0.6 is 15.9 Å². The van der Waals surface area contributed by atoms with Gasteiger partial charge in [0.15, 0.2) is 0 Å². The van der Waals surface area contributed by atoms with Gasteiger partial charge in [0.1, 0.15) is 0 Å². The molecular formula is C26H24BrN3O3. The van der Waals surface area contributed by atoms with Crippen molar-refractivity contribution in [3.8, 4) is 0 Å². The van der Waals surface area contributed by atoms with Crippen LogP contribution in [-0.2, 0) is 9.59 Å². The molecule has 6 nitrogen and oxygen atoms in total. The fraction of sp³-hybridized carbons (Fsp3) is 0.192. The Bertz CT molecular complexity index is 1220. The van der Waals surface area contributed by atoms with E-state index in [0.29, 0.717) is 17.8 Å².